The fraction of sp³-hybridized carbons (Fsp3) is 0.429. The Balaban J connectivity index is 2.35. The summed E-state index contributed by atoms with van der Waals surface area (Å²) >= 11 is 6.12. The number of fused-ring (bicyclic) bond motifs is 3. The number of halogens is 1. The molecular weight excluding hydrogens is 232 g/mol. The van der Waals surface area contributed by atoms with Gasteiger partial charge in [0.05, 0.1) is 0 Å². The maximum atomic E-state index is 6.12. The van der Waals surface area contributed by atoms with Crippen molar-refractivity contribution in [1.82, 2.24) is 9.88 Å². The minimum atomic E-state index is 0.0660. The molecule has 0 atom stereocenters. The molecule has 0 saturated carbocycles. The Bertz CT molecular complexity index is 583. The summed E-state index contributed by atoms with van der Waals surface area (Å²) in [6.07, 6.45) is 1.08. The van der Waals surface area contributed by atoms with E-state index in [9.17, 15) is 0 Å². The van der Waals surface area contributed by atoms with Crippen LogP contribution >= 0.6 is 11.6 Å². The van der Waals surface area contributed by atoms with E-state index in [0.717, 1.165) is 18.0 Å². The maximum Gasteiger partial charge on any atom is 0.0460 e. The van der Waals surface area contributed by atoms with Crippen LogP contribution < -0.4 is 0 Å². The molecule has 3 heteroatoms. The number of likely N-dealkylation sites (N-methyl/N-ethyl adjacent to an activating group) is 1. The second-order valence-corrected chi connectivity index (χ2v) is 5.84. The molecule has 3 rings (SSSR count). The summed E-state index contributed by atoms with van der Waals surface area (Å²) in [6.45, 7) is 5.65. The Labute approximate surface area is 107 Å². The van der Waals surface area contributed by atoms with Crippen LogP contribution in [-0.2, 0) is 12.0 Å². The van der Waals surface area contributed by atoms with Crippen LogP contribution in [0, 0.1) is 0 Å². The predicted octanol–water partition coefficient (Wildman–Crippen LogP) is 3.54. The quantitative estimate of drug-likeness (QED) is 0.756. The molecule has 0 amide bonds. The lowest BCUT2D eigenvalue weighted by atomic mass is 9.86. The van der Waals surface area contributed by atoms with Gasteiger partial charge in [0.2, 0.25) is 0 Å². The van der Waals surface area contributed by atoms with Gasteiger partial charge in [0.1, 0.15) is 0 Å². The summed E-state index contributed by atoms with van der Waals surface area (Å²) in [6, 6.07) is 6.10. The molecule has 1 N–H and O–H groups in total. The van der Waals surface area contributed by atoms with Gasteiger partial charge in [-0.05, 0) is 39.1 Å². The lowest BCUT2D eigenvalue weighted by Crippen LogP contribution is -2.43. The lowest BCUT2D eigenvalue weighted by molar-refractivity contribution is 0.144. The number of aromatic nitrogens is 1. The first kappa shape index (κ1) is 11.1. The minimum absolute atomic E-state index is 0.0660. The van der Waals surface area contributed by atoms with Crippen molar-refractivity contribution in [2.75, 3.05) is 13.6 Å². The van der Waals surface area contributed by atoms with Crippen molar-refractivity contribution in [3.8, 4) is 0 Å². The Morgan fingerprint density at radius 1 is 1.35 bits per heavy atom. The van der Waals surface area contributed by atoms with Gasteiger partial charge in [0, 0.05) is 45.7 Å². The van der Waals surface area contributed by atoms with Crippen LogP contribution in [0.3, 0.4) is 0 Å². The molecule has 2 aromatic rings. The van der Waals surface area contributed by atoms with Gasteiger partial charge < -0.3 is 4.98 Å². The molecule has 0 radical (unpaired) electrons. The molecule has 1 aromatic carbocycles. The highest BCUT2D eigenvalue weighted by Gasteiger charge is 2.34. The first-order chi connectivity index (χ1) is 8.00. The number of nitrogens with one attached hydrogen (secondary N) is 1. The number of H-pyrrole nitrogens is 1. The van der Waals surface area contributed by atoms with Crippen molar-refractivity contribution in [2.24, 2.45) is 0 Å². The van der Waals surface area contributed by atoms with E-state index in [2.05, 4.69) is 42.9 Å². The molecule has 0 bridgehead atoms. The highest BCUT2D eigenvalue weighted by atomic mass is 35.5. The number of aromatic amines is 1. The third kappa shape index (κ3) is 1.51. The Kier molecular flexibility index (Phi) is 2.29. The summed E-state index contributed by atoms with van der Waals surface area (Å²) in [4.78, 5) is 5.94. The van der Waals surface area contributed by atoms with E-state index in [0.29, 0.717) is 0 Å². The van der Waals surface area contributed by atoms with E-state index in [1.54, 1.807) is 0 Å². The molecule has 1 aliphatic heterocycles. The largest absolute Gasteiger partial charge is 0.358 e. The Morgan fingerprint density at radius 2 is 2.12 bits per heavy atom. The fourth-order valence-electron chi connectivity index (χ4n) is 2.86. The van der Waals surface area contributed by atoms with Crippen LogP contribution in [0.2, 0.25) is 5.02 Å². The third-order valence-corrected chi connectivity index (χ3v) is 4.34. The number of rotatable bonds is 0. The Hall–Kier alpha value is -0.990. The minimum Gasteiger partial charge on any atom is -0.358 e. The van der Waals surface area contributed by atoms with Gasteiger partial charge >= 0.3 is 0 Å². The molecule has 2 heterocycles. The van der Waals surface area contributed by atoms with Crippen molar-refractivity contribution in [3.05, 3.63) is 34.5 Å². The summed E-state index contributed by atoms with van der Waals surface area (Å²) in [5.74, 6) is 0. The number of hydrogen-bond donors (Lipinski definition) is 1. The van der Waals surface area contributed by atoms with E-state index in [4.69, 9.17) is 11.6 Å². The van der Waals surface area contributed by atoms with Crippen molar-refractivity contribution in [3.63, 3.8) is 0 Å². The second-order valence-electron chi connectivity index (χ2n) is 5.40. The van der Waals surface area contributed by atoms with Gasteiger partial charge in [-0.3, -0.25) is 4.90 Å². The first-order valence-corrected chi connectivity index (χ1v) is 6.40. The lowest BCUT2D eigenvalue weighted by Gasteiger charge is -2.40. The number of nitrogens with zero attached hydrogens (tertiary/aromatic N) is 1. The van der Waals surface area contributed by atoms with Crippen LogP contribution in [0.1, 0.15) is 25.1 Å². The molecular formula is C14H17ClN2. The zero-order valence-electron chi connectivity index (χ0n) is 10.5. The smallest absolute Gasteiger partial charge is 0.0460 e. The molecule has 17 heavy (non-hydrogen) atoms. The second kappa shape index (κ2) is 3.50. The SMILES string of the molecule is CN1CCc2[nH]c3ccc(Cl)cc3c2C1(C)C. The molecule has 1 aliphatic rings. The summed E-state index contributed by atoms with van der Waals surface area (Å²) in [5, 5.41) is 2.08. The van der Waals surface area contributed by atoms with Crippen molar-refractivity contribution in [2.45, 2.75) is 25.8 Å². The molecule has 2 nitrogen and oxygen atoms in total. The van der Waals surface area contributed by atoms with E-state index in [1.807, 2.05) is 6.07 Å². The van der Waals surface area contributed by atoms with Gasteiger partial charge in [0.25, 0.3) is 0 Å². The number of hydrogen-bond acceptors (Lipinski definition) is 1. The molecule has 0 fully saturated rings. The van der Waals surface area contributed by atoms with Crippen LogP contribution in [0.25, 0.3) is 10.9 Å². The van der Waals surface area contributed by atoms with Gasteiger partial charge in [-0.15, -0.1) is 0 Å². The average Bonchev–Trinajstić information content (AvgIpc) is 2.62. The van der Waals surface area contributed by atoms with Crippen molar-refractivity contribution >= 4 is 22.5 Å². The van der Waals surface area contributed by atoms with E-state index >= 15 is 0 Å². The highest BCUT2D eigenvalue weighted by Crippen LogP contribution is 2.39. The predicted molar refractivity (Wildman–Crippen MR) is 72.7 cm³/mol. The zero-order valence-corrected chi connectivity index (χ0v) is 11.2. The standard InChI is InChI=1S/C14H17ClN2/c1-14(2)13-10-8-9(15)4-5-11(10)16-12(13)6-7-17(14)3/h4-5,8,16H,6-7H2,1-3H3. The van der Waals surface area contributed by atoms with E-state index in [-0.39, 0.29) is 5.54 Å². The maximum absolute atomic E-state index is 6.12. The van der Waals surface area contributed by atoms with Crippen molar-refractivity contribution in [1.29, 1.82) is 0 Å². The van der Waals surface area contributed by atoms with Crippen LogP contribution in [0.5, 0.6) is 0 Å². The topological polar surface area (TPSA) is 19.0 Å². The summed E-state index contributed by atoms with van der Waals surface area (Å²) < 4.78 is 0. The molecule has 0 spiro atoms. The van der Waals surface area contributed by atoms with Gasteiger partial charge in [-0.25, -0.2) is 0 Å². The van der Waals surface area contributed by atoms with Crippen LogP contribution in [-0.4, -0.2) is 23.5 Å². The van der Waals surface area contributed by atoms with Crippen molar-refractivity contribution < 1.29 is 0 Å². The summed E-state index contributed by atoms with van der Waals surface area (Å²) in [7, 11) is 2.19. The number of benzene rings is 1. The van der Waals surface area contributed by atoms with Crippen LogP contribution in [0.4, 0.5) is 0 Å². The molecule has 0 saturated heterocycles. The summed E-state index contributed by atoms with van der Waals surface area (Å²) in [5.41, 5.74) is 4.04. The fourth-order valence-corrected chi connectivity index (χ4v) is 3.03. The first-order valence-electron chi connectivity index (χ1n) is 6.02. The van der Waals surface area contributed by atoms with Crippen LogP contribution in [0.15, 0.2) is 18.2 Å². The van der Waals surface area contributed by atoms with E-state index in [1.165, 1.54) is 22.2 Å². The van der Waals surface area contributed by atoms with E-state index < -0.39 is 0 Å². The molecule has 0 unspecified atom stereocenters. The molecule has 0 aliphatic carbocycles. The van der Waals surface area contributed by atoms with Gasteiger partial charge in [-0.1, -0.05) is 11.6 Å². The van der Waals surface area contributed by atoms with Gasteiger partial charge in [0.15, 0.2) is 0 Å². The Morgan fingerprint density at radius 3 is 2.88 bits per heavy atom. The highest BCUT2D eigenvalue weighted by molar-refractivity contribution is 6.31. The average molecular weight is 249 g/mol. The van der Waals surface area contributed by atoms with Gasteiger partial charge in [-0.2, -0.15) is 0 Å². The normalized spacial score (nSPS) is 19.5. The molecule has 1 aromatic heterocycles. The monoisotopic (exact) mass is 248 g/mol. The molecule has 90 valence electrons. The third-order valence-electron chi connectivity index (χ3n) is 4.10. The zero-order chi connectivity index (χ0) is 12.2.